The first-order chi connectivity index (χ1) is 9.19. The molecule has 1 unspecified atom stereocenters. The third kappa shape index (κ3) is 3.93. The fourth-order valence-electron chi connectivity index (χ4n) is 1.67. The lowest BCUT2D eigenvalue weighted by molar-refractivity contribution is 0.113. The van der Waals surface area contributed by atoms with E-state index in [1.54, 1.807) is 19.1 Å². The Morgan fingerprint density at radius 2 is 1.95 bits per heavy atom. The average Bonchev–Trinajstić information content (AvgIpc) is 2.38. The molecule has 0 spiro atoms. The summed E-state index contributed by atoms with van der Waals surface area (Å²) in [4.78, 5) is 2.12. The normalized spacial score (nSPS) is 13.7. The van der Waals surface area contributed by atoms with E-state index in [1.807, 2.05) is 28.1 Å². The van der Waals surface area contributed by atoms with Gasteiger partial charge in [0, 0.05) is 17.1 Å². The Hall–Kier alpha value is -1.13. The topological polar surface area (TPSA) is 24.5 Å². The molecule has 1 atom stereocenters. The predicted octanol–water partition coefficient (Wildman–Crippen LogP) is 3.13. The second kappa shape index (κ2) is 6.55. The van der Waals surface area contributed by atoms with E-state index in [2.05, 4.69) is 24.1 Å². The van der Waals surface area contributed by atoms with Gasteiger partial charge in [-0.15, -0.1) is 0 Å². The lowest BCUT2D eigenvalue weighted by Crippen LogP contribution is -2.43. The fraction of sp³-hybridized carbons (Fsp3) is 0.625. The minimum atomic E-state index is -0.193. The van der Waals surface area contributed by atoms with Gasteiger partial charge in [0.1, 0.15) is 18.2 Å². The number of halogens is 1. The molecule has 0 aromatic heterocycles. The summed E-state index contributed by atoms with van der Waals surface area (Å²) < 4.78 is 19.7. The highest BCUT2D eigenvalue weighted by Crippen LogP contribution is 2.29. The molecule has 1 aromatic carbocycles. The van der Waals surface area contributed by atoms with Crippen LogP contribution in [0, 0.1) is 12.7 Å². The molecule has 0 bridgehead atoms. The summed E-state index contributed by atoms with van der Waals surface area (Å²) in [5.41, 5.74) is 1.38. The minimum absolute atomic E-state index is 0.0440. The molecule has 114 valence electrons. The van der Waals surface area contributed by atoms with Gasteiger partial charge in [0.2, 0.25) is 0 Å². The van der Waals surface area contributed by atoms with Gasteiger partial charge >= 0.3 is 0 Å². The van der Waals surface area contributed by atoms with Crippen LogP contribution in [0.25, 0.3) is 0 Å². The average molecular weight is 282 g/mol. The molecular weight excluding hydrogens is 255 g/mol. The van der Waals surface area contributed by atoms with Crippen LogP contribution < -0.4 is 10.1 Å². The molecule has 0 heterocycles. The predicted molar refractivity (Wildman–Crippen MR) is 81.9 cm³/mol. The minimum Gasteiger partial charge on any atom is -0.491 e. The molecule has 0 saturated carbocycles. The highest BCUT2D eigenvalue weighted by molar-refractivity contribution is 5.40. The van der Waals surface area contributed by atoms with Crippen molar-refractivity contribution in [1.29, 1.82) is 0 Å². The molecule has 1 aromatic rings. The van der Waals surface area contributed by atoms with E-state index in [1.165, 1.54) is 0 Å². The van der Waals surface area contributed by atoms with Crippen LogP contribution in [-0.2, 0) is 0 Å². The van der Waals surface area contributed by atoms with Crippen molar-refractivity contribution < 1.29 is 9.13 Å². The Balaban J connectivity index is 3.02. The van der Waals surface area contributed by atoms with Gasteiger partial charge in [-0.2, -0.15) is 0 Å². The van der Waals surface area contributed by atoms with Crippen molar-refractivity contribution >= 4 is 0 Å². The Labute approximate surface area is 122 Å². The Kier molecular flexibility index (Phi) is 5.54. The monoisotopic (exact) mass is 282 g/mol. The molecule has 0 aliphatic rings. The van der Waals surface area contributed by atoms with Crippen molar-refractivity contribution in [2.45, 2.75) is 39.3 Å². The van der Waals surface area contributed by atoms with Crippen LogP contribution in [0.4, 0.5) is 4.39 Å². The second-order valence-corrected chi connectivity index (χ2v) is 6.15. The molecule has 0 aliphatic heterocycles. The van der Waals surface area contributed by atoms with E-state index in [9.17, 15) is 4.39 Å². The lowest BCUT2D eigenvalue weighted by atomic mass is 10.0. The van der Waals surface area contributed by atoms with E-state index in [4.69, 9.17) is 4.74 Å². The molecule has 20 heavy (non-hydrogen) atoms. The molecule has 1 N–H and O–H groups in total. The van der Waals surface area contributed by atoms with Gasteiger partial charge in [-0.25, -0.2) is 4.39 Å². The van der Waals surface area contributed by atoms with Gasteiger partial charge in [-0.3, -0.25) is 0 Å². The maximum absolute atomic E-state index is 13.8. The number of nitrogens with one attached hydrogen (secondary N) is 1. The zero-order valence-corrected chi connectivity index (χ0v) is 13.7. The molecule has 4 heteroatoms. The van der Waals surface area contributed by atoms with Crippen LogP contribution in [0.5, 0.6) is 5.75 Å². The largest absolute Gasteiger partial charge is 0.491 e. The van der Waals surface area contributed by atoms with Crippen LogP contribution in [0.1, 0.15) is 37.9 Å². The smallest absolute Gasteiger partial charge is 0.126 e. The zero-order valence-electron chi connectivity index (χ0n) is 13.7. The van der Waals surface area contributed by atoms with Gasteiger partial charge in [0.25, 0.3) is 0 Å². The summed E-state index contributed by atoms with van der Waals surface area (Å²) in [7, 11) is 5.91. The molecular formula is C16H27FN2O. The van der Waals surface area contributed by atoms with Gasteiger partial charge in [0.15, 0.2) is 0 Å². The summed E-state index contributed by atoms with van der Waals surface area (Å²) in [6, 6.07) is 3.39. The maximum atomic E-state index is 13.8. The standard InChI is InChI=1S/C16H27FN2O/c1-11-8-15(20-10-16(3,4)19(6)7)13(9-14(11)17)12(2)18-5/h8-9,12,18H,10H2,1-7H3. The van der Waals surface area contributed by atoms with Crippen LogP contribution in [0.2, 0.25) is 0 Å². The first kappa shape index (κ1) is 16.9. The first-order valence-corrected chi connectivity index (χ1v) is 6.96. The van der Waals surface area contributed by atoms with Gasteiger partial charge < -0.3 is 15.0 Å². The summed E-state index contributed by atoms with van der Waals surface area (Å²) in [6.07, 6.45) is 0. The maximum Gasteiger partial charge on any atom is 0.126 e. The molecule has 0 aliphatic carbocycles. The number of aryl methyl sites for hydroxylation is 1. The SMILES string of the molecule is CNC(C)c1cc(F)c(C)cc1OCC(C)(C)N(C)C. The number of likely N-dealkylation sites (N-methyl/N-ethyl adjacent to an activating group) is 1. The van der Waals surface area contributed by atoms with Crippen molar-refractivity contribution in [3.63, 3.8) is 0 Å². The van der Waals surface area contributed by atoms with E-state index < -0.39 is 0 Å². The summed E-state index contributed by atoms with van der Waals surface area (Å²) >= 11 is 0. The Bertz CT molecular complexity index is 458. The molecule has 0 radical (unpaired) electrons. The summed E-state index contributed by atoms with van der Waals surface area (Å²) in [6.45, 7) is 8.53. The first-order valence-electron chi connectivity index (χ1n) is 6.96. The molecule has 0 amide bonds. The zero-order chi connectivity index (χ0) is 15.5. The fourth-order valence-corrected chi connectivity index (χ4v) is 1.67. The number of benzene rings is 1. The second-order valence-electron chi connectivity index (χ2n) is 6.15. The molecule has 1 rings (SSSR count). The Morgan fingerprint density at radius 1 is 1.35 bits per heavy atom. The highest BCUT2D eigenvalue weighted by Gasteiger charge is 2.23. The van der Waals surface area contributed by atoms with Gasteiger partial charge in [-0.05, 0) is 66.5 Å². The molecule has 0 saturated heterocycles. The van der Waals surface area contributed by atoms with Gasteiger partial charge in [-0.1, -0.05) is 0 Å². The summed E-state index contributed by atoms with van der Waals surface area (Å²) in [5.74, 6) is 0.557. The van der Waals surface area contributed by atoms with E-state index in [0.717, 1.165) is 11.3 Å². The number of hydrogen-bond acceptors (Lipinski definition) is 3. The Morgan fingerprint density at radius 3 is 2.45 bits per heavy atom. The lowest BCUT2D eigenvalue weighted by Gasteiger charge is -2.32. The van der Waals surface area contributed by atoms with Gasteiger partial charge in [0.05, 0.1) is 0 Å². The van der Waals surface area contributed by atoms with Crippen molar-refractivity contribution in [1.82, 2.24) is 10.2 Å². The van der Waals surface area contributed by atoms with Crippen molar-refractivity contribution in [3.05, 3.63) is 29.1 Å². The molecule has 0 fully saturated rings. The van der Waals surface area contributed by atoms with Crippen molar-refractivity contribution in [3.8, 4) is 5.75 Å². The highest BCUT2D eigenvalue weighted by atomic mass is 19.1. The number of rotatable bonds is 6. The number of hydrogen-bond donors (Lipinski definition) is 1. The van der Waals surface area contributed by atoms with Crippen LogP contribution in [-0.4, -0.2) is 38.2 Å². The van der Waals surface area contributed by atoms with E-state index in [-0.39, 0.29) is 17.4 Å². The third-order valence-electron chi connectivity index (χ3n) is 3.98. The van der Waals surface area contributed by atoms with E-state index >= 15 is 0 Å². The number of ether oxygens (including phenoxy) is 1. The molecule has 3 nitrogen and oxygen atoms in total. The summed E-state index contributed by atoms with van der Waals surface area (Å²) in [5, 5.41) is 3.13. The van der Waals surface area contributed by atoms with Crippen LogP contribution in [0.15, 0.2) is 12.1 Å². The van der Waals surface area contributed by atoms with E-state index in [0.29, 0.717) is 12.2 Å². The van der Waals surface area contributed by atoms with Crippen LogP contribution >= 0.6 is 0 Å². The third-order valence-corrected chi connectivity index (χ3v) is 3.98. The van der Waals surface area contributed by atoms with Crippen LogP contribution in [0.3, 0.4) is 0 Å². The quantitative estimate of drug-likeness (QED) is 0.867. The number of nitrogens with zero attached hydrogens (tertiary/aromatic N) is 1. The van der Waals surface area contributed by atoms with Crippen molar-refractivity contribution in [2.75, 3.05) is 27.7 Å². The van der Waals surface area contributed by atoms with Crippen molar-refractivity contribution in [2.24, 2.45) is 0 Å².